The van der Waals surface area contributed by atoms with Crippen LogP contribution in [0.1, 0.15) is 32.1 Å². The lowest BCUT2D eigenvalue weighted by Crippen LogP contribution is -2.40. The van der Waals surface area contributed by atoms with Crippen molar-refractivity contribution in [3.8, 4) is 0 Å². The van der Waals surface area contributed by atoms with Gasteiger partial charge >= 0.3 is 0 Å². The summed E-state index contributed by atoms with van der Waals surface area (Å²) in [6.45, 7) is 1.71. The number of rotatable bonds is 7. The van der Waals surface area contributed by atoms with Crippen LogP contribution in [-0.2, 0) is 10.8 Å². The third kappa shape index (κ3) is 4.69. The van der Waals surface area contributed by atoms with Crippen LogP contribution in [0.2, 0.25) is 0 Å². The molecule has 1 aromatic rings. The Hall–Kier alpha value is -0.710. The predicted octanol–water partition coefficient (Wildman–Crippen LogP) is 2.42. The van der Waals surface area contributed by atoms with Gasteiger partial charge in [-0.3, -0.25) is 9.11 Å². The maximum atomic E-state index is 12.3. The Labute approximate surface area is 124 Å². The molecule has 0 aliphatic heterocycles. The second-order valence-corrected chi connectivity index (χ2v) is 6.98. The highest BCUT2D eigenvalue weighted by molar-refractivity contribution is 7.85. The molecule has 1 N–H and O–H groups in total. The zero-order chi connectivity index (χ0) is 14.2. The minimum Gasteiger partial charge on any atom is -0.395 e. The SMILES string of the molecule is O=S(CCN(CCO)C1CCCCC1)c1ccccc1. The second-order valence-electron chi connectivity index (χ2n) is 5.41. The summed E-state index contributed by atoms with van der Waals surface area (Å²) in [7, 11) is -0.935. The third-order valence-electron chi connectivity index (χ3n) is 4.05. The third-order valence-corrected chi connectivity index (χ3v) is 5.40. The van der Waals surface area contributed by atoms with Crippen molar-refractivity contribution in [3.63, 3.8) is 0 Å². The molecule has 1 aromatic carbocycles. The van der Waals surface area contributed by atoms with Gasteiger partial charge in [-0.1, -0.05) is 37.5 Å². The highest BCUT2D eigenvalue weighted by Gasteiger charge is 2.21. The van der Waals surface area contributed by atoms with Gasteiger partial charge in [-0.25, -0.2) is 0 Å². The monoisotopic (exact) mass is 295 g/mol. The maximum absolute atomic E-state index is 12.3. The minimum atomic E-state index is -0.935. The van der Waals surface area contributed by atoms with E-state index in [2.05, 4.69) is 4.90 Å². The summed E-state index contributed by atoms with van der Waals surface area (Å²) < 4.78 is 12.3. The minimum absolute atomic E-state index is 0.189. The summed E-state index contributed by atoms with van der Waals surface area (Å²) in [6, 6.07) is 10.2. The molecule has 0 heterocycles. The first-order chi connectivity index (χ1) is 9.81. The molecular weight excluding hydrogens is 270 g/mol. The van der Waals surface area contributed by atoms with Crippen molar-refractivity contribution in [1.82, 2.24) is 4.90 Å². The summed E-state index contributed by atoms with van der Waals surface area (Å²) in [5, 5.41) is 9.23. The standard InChI is InChI=1S/C16H25NO2S/c18-13-11-17(15-7-3-1-4-8-15)12-14-20(19)16-9-5-2-6-10-16/h2,5-6,9-10,15,18H,1,3-4,7-8,11-14H2. The molecule has 1 fully saturated rings. The number of aliphatic hydroxyl groups excluding tert-OH is 1. The number of aliphatic hydroxyl groups is 1. The zero-order valence-corrected chi connectivity index (χ0v) is 12.9. The Kier molecular flexibility index (Phi) is 6.70. The Morgan fingerprint density at radius 2 is 1.80 bits per heavy atom. The van der Waals surface area contributed by atoms with Crippen molar-refractivity contribution in [2.24, 2.45) is 0 Å². The van der Waals surface area contributed by atoms with E-state index in [1.807, 2.05) is 30.3 Å². The number of benzene rings is 1. The number of nitrogens with zero attached hydrogens (tertiary/aromatic N) is 1. The normalized spacial score (nSPS) is 18.3. The van der Waals surface area contributed by atoms with Gasteiger partial charge < -0.3 is 5.11 Å². The summed E-state index contributed by atoms with van der Waals surface area (Å²) in [5.41, 5.74) is 0. The molecule has 0 bridgehead atoms. The van der Waals surface area contributed by atoms with Gasteiger partial charge in [0.2, 0.25) is 0 Å². The lowest BCUT2D eigenvalue weighted by molar-refractivity contribution is 0.131. The van der Waals surface area contributed by atoms with Gasteiger partial charge in [-0.05, 0) is 25.0 Å². The van der Waals surface area contributed by atoms with E-state index in [0.29, 0.717) is 18.3 Å². The van der Waals surface area contributed by atoms with Gasteiger partial charge in [0.1, 0.15) is 0 Å². The van der Waals surface area contributed by atoms with Crippen molar-refractivity contribution < 1.29 is 9.32 Å². The Balaban J connectivity index is 1.86. The predicted molar refractivity (Wildman–Crippen MR) is 83.2 cm³/mol. The second kappa shape index (κ2) is 8.55. The van der Waals surface area contributed by atoms with Gasteiger partial charge in [-0.15, -0.1) is 0 Å². The van der Waals surface area contributed by atoms with Gasteiger partial charge in [0, 0.05) is 29.8 Å². The summed E-state index contributed by atoms with van der Waals surface area (Å²) in [4.78, 5) is 3.24. The average Bonchev–Trinajstić information content (AvgIpc) is 2.53. The summed E-state index contributed by atoms with van der Waals surface area (Å²) in [5.74, 6) is 0.653. The van der Waals surface area contributed by atoms with Crippen molar-refractivity contribution in [2.75, 3.05) is 25.4 Å². The van der Waals surface area contributed by atoms with Crippen LogP contribution >= 0.6 is 0 Å². The van der Waals surface area contributed by atoms with Crippen LogP contribution in [0.15, 0.2) is 35.2 Å². The fourth-order valence-corrected chi connectivity index (χ4v) is 4.04. The highest BCUT2D eigenvalue weighted by Crippen LogP contribution is 2.22. The molecule has 0 spiro atoms. The first kappa shape index (κ1) is 15.7. The van der Waals surface area contributed by atoms with E-state index in [-0.39, 0.29) is 6.61 Å². The summed E-state index contributed by atoms with van der Waals surface area (Å²) >= 11 is 0. The molecular formula is C16H25NO2S. The van der Waals surface area contributed by atoms with Crippen molar-refractivity contribution in [1.29, 1.82) is 0 Å². The van der Waals surface area contributed by atoms with E-state index >= 15 is 0 Å². The molecule has 0 amide bonds. The molecule has 0 saturated heterocycles. The maximum Gasteiger partial charge on any atom is 0.0558 e. The van der Waals surface area contributed by atoms with E-state index in [1.165, 1.54) is 32.1 Å². The molecule has 1 aliphatic rings. The molecule has 1 atom stereocenters. The molecule has 1 aliphatic carbocycles. The fourth-order valence-electron chi connectivity index (χ4n) is 2.94. The van der Waals surface area contributed by atoms with Crippen LogP contribution in [0.4, 0.5) is 0 Å². The van der Waals surface area contributed by atoms with Crippen LogP contribution < -0.4 is 0 Å². The van der Waals surface area contributed by atoms with Crippen molar-refractivity contribution in [2.45, 2.75) is 43.0 Å². The van der Waals surface area contributed by atoms with Crippen LogP contribution in [0.5, 0.6) is 0 Å². The van der Waals surface area contributed by atoms with E-state index in [1.54, 1.807) is 0 Å². The molecule has 0 aromatic heterocycles. The lowest BCUT2D eigenvalue weighted by atomic mass is 9.94. The molecule has 4 heteroatoms. The molecule has 1 saturated carbocycles. The number of hydrogen-bond donors (Lipinski definition) is 1. The Bertz CT molecular complexity index is 404. The van der Waals surface area contributed by atoms with Crippen molar-refractivity contribution in [3.05, 3.63) is 30.3 Å². The molecule has 112 valence electrons. The van der Waals surface area contributed by atoms with Gasteiger partial charge in [-0.2, -0.15) is 0 Å². The number of hydrogen-bond acceptors (Lipinski definition) is 3. The highest BCUT2D eigenvalue weighted by atomic mass is 32.2. The van der Waals surface area contributed by atoms with Crippen LogP contribution in [0, 0.1) is 0 Å². The Morgan fingerprint density at radius 1 is 1.10 bits per heavy atom. The van der Waals surface area contributed by atoms with Gasteiger partial charge in [0.15, 0.2) is 0 Å². The smallest absolute Gasteiger partial charge is 0.0558 e. The molecule has 2 rings (SSSR count). The van der Waals surface area contributed by atoms with Crippen LogP contribution in [0.25, 0.3) is 0 Å². The molecule has 3 nitrogen and oxygen atoms in total. The van der Waals surface area contributed by atoms with E-state index < -0.39 is 10.8 Å². The zero-order valence-electron chi connectivity index (χ0n) is 12.0. The fraction of sp³-hybridized carbons (Fsp3) is 0.625. The molecule has 0 radical (unpaired) electrons. The molecule has 20 heavy (non-hydrogen) atoms. The van der Waals surface area contributed by atoms with E-state index in [9.17, 15) is 9.32 Å². The largest absolute Gasteiger partial charge is 0.395 e. The van der Waals surface area contributed by atoms with Crippen LogP contribution in [0.3, 0.4) is 0 Å². The quantitative estimate of drug-likeness (QED) is 0.840. The van der Waals surface area contributed by atoms with Gasteiger partial charge in [0.05, 0.1) is 17.4 Å². The Morgan fingerprint density at radius 3 is 2.45 bits per heavy atom. The van der Waals surface area contributed by atoms with Crippen molar-refractivity contribution >= 4 is 10.8 Å². The summed E-state index contributed by atoms with van der Waals surface area (Å²) in [6.07, 6.45) is 6.35. The topological polar surface area (TPSA) is 40.5 Å². The van der Waals surface area contributed by atoms with E-state index in [0.717, 1.165) is 11.4 Å². The molecule has 1 unspecified atom stereocenters. The first-order valence-corrected chi connectivity index (χ1v) is 8.91. The van der Waals surface area contributed by atoms with Gasteiger partial charge in [0.25, 0.3) is 0 Å². The first-order valence-electron chi connectivity index (χ1n) is 7.59. The average molecular weight is 295 g/mol. The van der Waals surface area contributed by atoms with E-state index in [4.69, 9.17) is 0 Å². The lowest BCUT2D eigenvalue weighted by Gasteiger charge is -2.33. The van der Waals surface area contributed by atoms with Crippen LogP contribution in [-0.4, -0.2) is 45.7 Å².